The van der Waals surface area contributed by atoms with Crippen molar-refractivity contribution >= 4 is 16.7 Å². The molecule has 2 aromatic carbocycles. The Morgan fingerprint density at radius 1 is 1.05 bits per heavy atom. The number of ether oxygens (including phenoxy) is 1. The molecule has 0 aliphatic carbocycles. The van der Waals surface area contributed by atoms with Gasteiger partial charge in [0.15, 0.2) is 0 Å². The number of fused-ring (bicyclic) bond motifs is 1. The molecule has 3 heteroatoms. The molecule has 1 heterocycles. The summed E-state index contributed by atoms with van der Waals surface area (Å²) >= 11 is 0. The number of hydrogen-bond donors (Lipinski definition) is 1. The number of hydrogen-bond acceptors (Lipinski definition) is 3. The molecule has 19 heavy (non-hydrogen) atoms. The van der Waals surface area contributed by atoms with Crippen molar-refractivity contribution < 1.29 is 9.53 Å². The van der Waals surface area contributed by atoms with E-state index in [-0.39, 0.29) is 12.1 Å². The summed E-state index contributed by atoms with van der Waals surface area (Å²) in [5, 5.41) is 5.30. The highest BCUT2D eigenvalue weighted by Gasteiger charge is 2.19. The fourth-order valence-corrected chi connectivity index (χ4v) is 2.53. The average Bonchev–Trinajstić information content (AvgIpc) is 2.47. The van der Waals surface area contributed by atoms with E-state index < -0.39 is 0 Å². The Bertz CT molecular complexity index is 583. The van der Waals surface area contributed by atoms with Gasteiger partial charge in [-0.25, -0.2) is 4.79 Å². The molecule has 3 nitrogen and oxygen atoms in total. The molecule has 0 bridgehead atoms. The number of rotatable bonds is 2. The van der Waals surface area contributed by atoms with Gasteiger partial charge in [-0.15, -0.1) is 0 Å². The molecule has 1 saturated heterocycles. The normalized spacial score (nSPS) is 16.4. The molecule has 1 aliphatic rings. The van der Waals surface area contributed by atoms with Gasteiger partial charge >= 0.3 is 5.97 Å². The van der Waals surface area contributed by atoms with Crippen LogP contribution < -0.4 is 5.32 Å². The van der Waals surface area contributed by atoms with Gasteiger partial charge in [0.1, 0.15) is 6.10 Å². The first-order valence-electron chi connectivity index (χ1n) is 6.74. The highest BCUT2D eigenvalue weighted by Crippen LogP contribution is 2.20. The molecular formula is C16H17NO2. The van der Waals surface area contributed by atoms with Crippen LogP contribution in [0.2, 0.25) is 0 Å². The predicted octanol–water partition coefficient (Wildman–Crippen LogP) is 2.75. The Morgan fingerprint density at radius 3 is 2.63 bits per heavy atom. The van der Waals surface area contributed by atoms with E-state index in [1.165, 1.54) is 0 Å². The maximum Gasteiger partial charge on any atom is 0.339 e. The van der Waals surface area contributed by atoms with Crippen molar-refractivity contribution in [3.05, 3.63) is 48.0 Å². The van der Waals surface area contributed by atoms with Crippen LogP contribution in [0.1, 0.15) is 23.2 Å². The molecule has 0 amide bonds. The van der Waals surface area contributed by atoms with Gasteiger partial charge in [0.25, 0.3) is 0 Å². The van der Waals surface area contributed by atoms with Crippen LogP contribution in [0, 0.1) is 0 Å². The standard InChI is InChI=1S/C16H17NO2/c18-16(19-13-8-10-17-11-9-13)15-7-3-5-12-4-1-2-6-14(12)15/h1-7,13,17H,8-11H2. The monoisotopic (exact) mass is 255 g/mol. The van der Waals surface area contributed by atoms with E-state index in [1.807, 2.05) is 42.5 Å². The van der Waals surface area contributed by atoms with Crippen LogP contribution in [0.4, 0.5) is 0 Å². The minimum Gasteiger partial charge on any atom is -0.459 e. The lowest BCUT2D eigenvalue weighted by atomic mass is 10.0. The molecular weight excluding hydrogens is 238 g/mol. The highest BCUT2D eigenvalue weighted by atomic mass is 16.5. The Morgan fingerprint density at radius 2 is 1.79 bits per heavy atom. The molecule has 0 unspecified atom stereocenters. The number of carbonyl (C=O) groups excluding carboxylic acids is 1. The third-order valence-corrected chi connectivity index (χ3v) is 3.57. The van der Waals surface area contributed by atoms with Gasteiger partial charge in [-0.05, 0) is 42.8 Å². The maximum absolute atomic E-state index is 12.3. The lowest BCUT2D eigenvalue weighted by molar-refractivity contribution is 0.0232. The Labute approximate surface area is 112 Å². The molecule has 0 radical (unpaired) electrons. The van der Waals surface area contributed by atoms with Crippen LogP contribution in [-0.2, 0) is 4.74 Å². The van der Waals surface area contributed by atoms with Gasteiger partial charge in [-0.3, -0.25) is 0 Å². The average molecular weight is 255 g/mol. The number of piperidine rings is 1. The zero-order valence-electron chi connectivity index (χ0n) is 10.8. The largest absolute Gasteiger partial charge is 0.459 e. The third kappa shape index (κ3) is 2.61. The minimum atomic E-state index is -0.205. The van der Waals surface area contributed by atoms with Crippen molar-refractivity contribution in [2.75, 3.05) is 13.1 Å². The second-order valence-electron chi connectivity index (χ2n) is 4.88. The van der Waals surface area contributed by atoms with Crippen LogP contribution in [0.25, 0.3) is 10.8 Å². The summed E-state index contributed by atoms with van der Waals surface area (Å²) in [6.45, 7) is 1.85. The number of nitrogens with one attached hydrogen (secondary N) is 1. The molecule has 0 spiro atoms. The summed E-state index contributed by atoms with van der Waals surface area (Å²) in [5.74, 6) is -0.205. The lowest BCUT2D eigenvalue weighted by Crippen LogP contribution is -2.33. The molecule has 2 aromatic rings. The van der Waals surface area contributed by atoms with Crippen LogP contribution in [0.5, 0.6) is 0 Å². The second kappa shape index (κ2) is 5.41. The smallest absolute Gasteiger partial charge is 0.339 e. The quantitative estimate of drug-likeness (QED) is 0.839. The summed E-state index contributed by atoms with van der Waals surface area (Å²) in [5.41, 5.74) is 0.664. The van der Waals surface area contributed by atoms with E-state index in [0.717, 1.165) is 36.7 Å². The van der Waals surface area contributed by atoms with Gasteiger partial charge in [-0.2, -0.15) is 0 Å². The molecule has 0 saturated carbocycles. The van der Waals surface area contributed by atoms with Crippen molar-refractivity contribution in [3.8, 4) is 0 Å². The second-order valence-corrected chi connectivity index (χ2v) is 4.88. The molecule has 0 atom stereocenters. The van der Waals surface area contributed by atoms with Crippen LogP contribution in [-0.4, -0.2) is 25.2 Å². The van der Waals surface area contributed by atoms with E-state index in [0.29, 0.717) is 5.56 Å². The fraction of sp³-hybridized carbons (Fsp3) is 0.312. The Hall–Kier alpha value is -1.87. The summed E-state index contributed by atoms with van der Waals surface area (Å²) in [4.78, 5) is 12.3. The molecule has 0 aromatic heterocycles. The van der Waals surface area contributed by atoms with Crippen LogP contribution in [0.15, 0.2) is 42.5 Å². The first kappa shape index (κ1) is 12.2. The first-order chi connectivity index (χ1) is 9.34. The molecule has 1 N–H and O–H groups in total. The zero-order valence-corrected chi connectivity index (χ0v) is 10.8. The van der Waals surface area contributed by atoms with E-state index in [2.05, 4.69) is 5.32 Å². The summed E-state index contributed by atoms with van der Waals surface area (Å²) < 4.78 is 5.61. The van der Waals surface area contributed by atoms with E-state index >= 15 is 0 Å². The topological polar surface area (TPSA) is 38.3 Å². The van der Waals surface area contributed by atoms with Crippen molar-refractivity contribution in [3.63, 3.8) is 0 Å². The lowest BCUT2D eigenvalue weighted by Gasteiger charge is -2.23. The van der Waals surface area contributed by atoms with Crippen molar-refractivity contribution in [1.29, 1.82) is 0 Å². The van der Waals surface area contributed by atoms with Crippen LogP contribution >= 0.6 is 0 Å². The number of esters is 1. The summed E-state index contributed by atoms with van der Waals surface area (Å²) in [7, 11) is 0. The van der Waals surface area contributed by atoms with Gasteiger partial charge in [0, 0.05) is 0 Å². The summed E-state index contributed by atoms with van der Waals surface area (Å²) in [6.07, 6.45) is 1.85. The number of carbonyl (C=O) groups is 1. The molecule has 3 rings (SSSR count). The Kier molecular flexibility index (Phi) is 3.47. The van der Waals surface area contributed by atoms with E-state index in [1.54, 1.807) is 0 Å². The van der Waals surface area contributed by atoms with Crippen molar-refractivity contribution in [2.24, 2.45) is 0 Å². The van der Waals surface area contributed by atoms with E-state index in [9.17, 15) is 4.79 Å². The SMILES string of the molecule is O=C(OC1CCNCC1)c1cccc2ccccc12. The third-order valence-electron chi connectivity index (χ3n) is 3.57. The van der Waals surface area contributed by atoms with Crippen LogP contribution in [0.3, 0.4) is 0 Å². The number of benzene rings is 2. The van der Waals surface area contributed by atoms with Crippen molar-refractivity contribution in [2.45, 2.75) is 18.9 Å². The minimum absolute atomic E-state index is 0.0488. The van der Waals surface area contributed by atoms with E-state index in [4.69, 9.17) is 4.74 Å². The molecule has 98 valence electrons. The predicted molar refractivity (Wildman–Crippen MR) is 75.3 cm³/mol. The summed E-state index contributed by atoms with van der Waals surface area (Å²) in [6, 6.07) is 13.7. The first-order valence-corrected chi connectivity index (χ1v) is 6.74. The fourth-order valence-electron chi connectivity index (χ4n) is 2.53. The van der Waals surface area contributed by atoms with Crippen molar-refractivity contribution in [1.82, 2.24) is 5.32 Å². The molecule has 1 aliphatic heterocycles. The molecule has 1 fully saturated rings. The van der Waals surface area contributed by atoms with Gasteiger partial charge in [0.05, 0.1) is 5.56 Å². The zero-order chi connectivity index (χ0) is 13.1. The van der Waals surface area contributed by atoms with Gasteiger partial charge < -0.3 is 10.1 Å². The van der Waals surface area contributed by atoms with Gasteiger partial charge in [0.2, 0.25) is 0 Å². The Balaban J connectivity index is 1.85. The van der Waals surface area contributed by atoms with Gasteiger partial charge in [-0.1, -0.05) is 36.4 Å². The highest BCUT2D eigenvalue weighted by molar-refractivity contribution is 6.04. The maximum atomic E-state index is 12.3.